The number of nitrogens with zero attached hydrogens (tertiary/aromatic N) is 2. The number of ketones is 2. The number of nitrogens with two attached hydrogens (primary N) is 1. The molecule has 2 aromatic rings. The highest BCUT2D eigenvalue weighted by Crippen LogP contribution is 2.54. The minimum atomic E-state index is -2.75. The number of primary amides is 1. The number of anilines is 2. The molecule has 1 saturated carbocycles. The molecule has 3 aliphatic carbocycles. The molecule has 5 rings (SSSR count). The smallest absolute Gasteiger partial charge is 0.417 e. The number of aliphatic hydroxyl groups is 3. The van der Waals surface area contributed by atoms with Crippen LogP contribution in [-0.2, 0) is 20.8 Å². The Bertz CT molecular complexity index is 1630. The van der Waals surface area contributed by atoms with E-state index in [2.05, 4.69) is 5.32 Å². The van der Waals surface area contributed by atoms with E-state index in [-0.39, 0.29) is 35.4 Å². The first-order valence-electron chi connectivity index (χ1n) is 13.4. The predicted octanol–water partition coefficient (Wildman–Crippen LogP) is 1.64. The number of Topliss-reactive ketones (excluding diaryl/α,β-unsaturated/α-hetero) is 2. The van der Waals surface area contributed by atoms with E-state index < -0.39 is 69.9 Å². The Balaban J connectivity index is 1.65. The highest BCUT2D eigenvalue weighted by Gasteiger charge is 2.64. The summed E-state index contributed by atoms with van der Waals surface area (Å²) >= 11 is 0. The molecular formula is C30H32N4O9. The van der Waals surface area contributed by atoms with E-state index >= 15 is 0 Å². The summed E-state index contributed by atoms with van der Waals surface area (Å²) in [6.45, 7) is 0. The molecule has 0 bridgehead atoms. The Hall–Kier alpha value is -4.88. The number of carbonyl (C=O) groups is 4. The number of phenols is 1. The molecule has 2 aromatic carbocycles. The van der Waals surface area contributed by atoms with Crippen molar-refractivity contribution in [2.45, 2.75) is 24.5 Å². The number of aliphatic hydroxyl groups excluding tert-OH is 2. The zero-order valence-corrected chi connectivity index (χ0v) is 23.9. The molecule has 0 saturated heterocycles. The van der Waals surface area contributed by atoms with Crippen molar-refractivity contribution >= 4 is 40.7 Å². The van der Waals surface area contributed by atoms with Crippen LogP contribution >= 0.6 is 0 Å². The van der Waals surface area contributed by atoms with Gasteiger partial charge in [-0.3, -0.25) is 24.6 Å². The number of likely N-dealkylation sites (N-methyl/N-ethyl adjacent to an activating group) is 1. The molecular weight excluding hydrogens is 560 g/mol. The van der Waals surface area contributed by atoms with Crippen LogP contribution < -0.4 is 20.7 Å². The maximum Gasteiger partial charge on any atom is 0.417 e. The number of hydrogen-bond acceptors (Lipinski definition) is 11. The fourth-order valence-corrected chi connectivity index (χ4v) is 6.52. The lowest BCUT2D eigenvalue weighted by molar-refractivity contribution is -0.153. The normalized spacial score (nSPS) is 24.7. The maximum atomic E-state index is 14.1. The van der Waals surface area contributed by atoms with Gasteiger partial charge in [0.25, 0.3) is 5.91 Å². The molecule has 4 atom stereocenters. The first-order chi connectivity index (χ1) is 20.2. The SMILES string of the molecule is CN(C)c1cc(NC(=O)Oc2ccccc2)c(O)c2c1C[C@@H]1C[C@@H]3[C@@H](N(C)C)C(=O)C(C(N)=O)=C(O)[C@]3(O)C(=O)C1=C2O. The molecule has 0 spiro atoms. The predicted molar refractivity (Wildman–Crippen MR) is 155 cm³/mol. The van der Waals surface area contributed by atoms with E-state index in [1.807, 2.05) is 0 Å². The number of aromatic hydroxyl groups is 1. The van der Waals surface area contributed by atoms with Crippen molar-refractivity contribution in [1.82, 2.24) is 4.90 Å². The monoisotopic (exact) mass is 592 g/mol. The van der Waals surface area contributed by atoms with Crippen molar-refractivity contribution in [3.63, 3.8) is 0 Å². The second-order valence-electron chi connectivity index (χ2n) is 11.3. The number of amides is 2. The highest BCUT2D eigenvalue weighted by atomic mass is 16.6. The third-order valence-electron chi connectivity index (χ3n) is 8.37. The Morgan fingerprint density at radius 2 is 1.72 bits per heavy atom. The van der Waals surface area contributed by atoms with Crippen LogP contribution in [-0.4, -0.2) is 88.7 Å². The average molecular weight is 593 g/mol. The minimum Gasteiger partial charge on any atom is -0.508 e. The van der Waals surface area contributed by atoms with Gasteiger partial charge in [-0.05, 0) is 56.6 Å². The molecule has 1 fully saturated rings. The summed E-state index contributed by atoms with van der Waals surface area (Å²) in [6, 6.07) is 8.54. The summed E-state index contributed by atoms with van der Waals surface area (Å²) < 4.78 is 5.26. The van der Waals surface area contributed by atoms with Gasteiger partial charge in [0.05, 0.1) is 17.3 Å². The number of ether oxygens (including phenoxy) is 1. The summed E-state index contributed by atoms with van der Waals surface area (Å²) in [5.41, 5.74) is 2.12. The van der Waals surface area contributed by atoms with Gasteiger partial charge >= 0.3 is 6.09 Å². The lowest BCUT2D eigenvalue weighted by atomic mass is 9.57. The van der Waals surface area contributed by atoms with Crippen molar-refractivity contribution in [3.8, 4) is 11.5 Å². The third-order valence-corrected chi connectivity index (χ3v) is 8.37. The van der Waals surface area contributed by atoms with Crippen LogP contribution in [0.2, 0.25) is 0 Å². The van der Waals surface area contributed by atoms with Gasteiger partial charge in [0.2, 0.25) is 5.78 Å². The molecule has 226 valence electrons. The van der Waals surface area contributed by atoms with Gasteiger partial charge in [-0.15, -0.1) is 0 Å². The average Bonchev–Trinajstić information content (AvgIpc) is 2.92. The molecule has 13 nitrogen and oxygen atoms in total. The zero-order chi connectivity index (χ0) is 31.5. The fourth-order valence-electron chi connectivity index (χ4n) is 6.52. The second-order valence-corrected chi connectivity index (χ2v) is 11.3. The van der Waals surface area contributed by atoms with E-state index in [1.54, 1.807) is 49.3 Å². The Labute approximate surface area is 246 Å². The summed E-state index contributed by atoms with van der Waals surface area (Å²) in [4.78, 5) is 55.3. The van der Waals surface area contributed by atoms with Crippen LogP contribution in [0, 0.1) is 11.8 Å². The Kier molecular flexibility index (Phi) is 7.19. The molecule has 0 aromatic heterocycles. The number of fused-ring (bicyclic) bond motifs is 3. The topological polar surface area (TPSA) is 203 Å². The largest absolute Gasteiger partial charge is 0.508 e. The molecule has 0 radical (unpaired) electrons. The summed E-state index contributed by atoms with van der Waals surface area (Å²) in [6.07, 6.45) is -0.860. The summed E-state index contributed by atoms with van der Waals surface area (Å²) in [5.74, 6) is -7.32. The molecule has 2 amide bonds. The van der Waals surface area contributed by atoms with Crippen LogP contribution in [0.25, 0.3) is 5.76 Å². The van der Waals surface area contributed by atoms with Gasteiger partial charge in [0, 0.05) is 31.3 Å². The fraction of sp³-hybridized carbons (Fsp3) is 0.333. The number of rotatable bonds is 5. The second kappa shape index (κ2) is 10.4. The first kappa shape index (κ1) is 29.6. The molecule has 3 aliphatic rings. The van der Waals surface area contributed by atoms with Gasteiger partial charge in [-0.2, -0.15) is 0 Å². The number of benzene rings is 2. The van der Waals surface area contributed by atoms with Crippen LogP contribution in [0.4, 0.5) is 16.2 Å². The number of hydrogen-bond donors (Lipinski definition) is 6. The van der Waals surface area contributed by atoms with Gasteiger partial charge in [-0.1, -0.05) is 18.2 Å². The van der Waals surface area contributed by atoms with Gasteiger partial charge in [-0.25, -0.2) is 4.79 Å². The number of phenolic OH excluding ortho intramolecular Hbond substituents is 1. The maximum absolute atomic E-state index is 14.1. The van der Waals surface area contributed by atoms with Gasteiger partial charge in [0.1, 0.15) is 22.8 Å². The number of carbonyl (C=O) groups excluding carboxylic acids is 4. The van der Waals surface area contributed by atoms with Crippen LogP contribution in [0.1, 0.15) is 17.5 Å². The third kappa shape index (κ3) is 4.48. The lowest BCUT2D eigenvalue weighted by Crippen LogP contribution is -2.65. The lowest BCUT2D eigenvalue weighted by Gasteiger charge is -2.50. The highest BCUT2D eigenvalue weighted by molar-refractivity contribution is 6.24. The Morgan fingerprint density at radius 3 is 2.30 bits per heavy atom. The number of para-hydroxylation sites is 1. The van der Waals surface area contributed by atoms with Crippen LogP contribution in [0.3, 0.4) is 0 Å². The Morgan fingerprint density at radius 1 is 1.07 bits per heavy atom. The van der Waals surface area contributed by atoms with Crippen molar-refractivity contribution in [3.05, 3.63) is 64.4 Å². The quantitative estimate of drug-likeness (QED) is 0.218. The van der Waals surface area contributed by atoms with E-state index in [4.69, 9.17) is 10.5 Å². The van der Waals surface area contributed by atoms with E-state index in [9.17, 15) is 39.6 Å². The van der Waals surface area contributed by atoms with E-state index in [1.165, 1.54) is 25.1 Å². The van der Waals surface area contributed by atoms with Gasteiger partial charge in [0.15, 0.2) is 17.1 Å². The van der Waals surface area contributed by atoms with Gasteiger partial charge < -0.3 is 35.8 Å². The summed E-state index contributed by atoms with van der Waals surface area (Å²) in [5, 5.41) is 48.1. The zero-order valence-electron chi connectivity index (χ0n) is 23.9. The van der Waals surface area contributed by atoms with E-state index in [0.29, 0.717) is 11.3 Å². The van der Waals surface area contributed by atoms with Crippen molar-refractivity contribution < 1.29 is 44.3 Å². The molecule has 0 unspecified atom stereocenters. The van der Waals surface area contributed by atoms with Crippen LogP contribution in [0.15, 0.2) is 53.3 Å². The molecule has 13 heteroatoms. The number of nitrogens with one attached hydrogen (secondary N) is 1. The molecule has 0 heterocycles. The molecule has 0 aliphatic heterocycles. The minimum absolute atomic E-state index is 0.0389. The van der Waals surface area contributed by atoms with E-state index in [0.717, 1.165) is 0 Å². The van der Waals surface area contributed by atoms with Crippen LogP contribution in [0.5, 0.6) is 11.5 Å². The first-order valence-corrected chi connectivity index (χ1v) is 13.4. The standard InChI is InChI=1S/C30H32N4O9/c1-33(2)18-12-17(32-29(41)43-14-8-6-5-7-9-14)23(35)20-15(18)10-13-11-16-22(34(3)4)25(37)21(28(31)40)27(39)30(16,42)26(38)19(13)24(20)36/h5-9,12-13,16,22,35-36,39,42H,10-11H2,1-4H3,(H2,31,40)(H,32,41)/t13-,16-,22-,30-/m1/s1. The summed E-state index contributed by atoms with van der Waals surface area (Å²) in [7, 11) is 6.51. The van der Waals surface area contributed by atoms with Crippen molar-refractivity contribution in [1.29, 1.82) is 0 Å². The molecule has 43 heavy (non-hydrogen) atoms. The molecule has 7 N–H and O–H groups in total. The van der Waals surface area contributed by atoms with Crippen molar-refractivity contribution in [2.24, 2.45) is 17.6 Å². The van der Waals surface area contributed by atoms with Crippen molar-refractivity contribution in [2.75, 3.05) is 38.4 Å².